The molecule has 3 aromatic rings. The van der Waals surface area contributed by atoms with Crippen LogP contribution in [0, 0.1) is 0 Å². The molecule has 0 aliphatic rings. The van der Waals surface area contributed by atoms with Crippen molar-refractivity contribution >= 4 is 5.91 Å². The molecular weight excluding hydrogens is 386 g/mol. The fraction of sp³-hybridized carbons (Fsp3) is 0.364. The van der Waals surface area contributed by atoms with E-state index in [0.717, 1.165) is 18.8 Å². The minimum atomic E-state index is -0.324. The van der Waals surface area contributed by atoms with E-state index in [9.17, 15) is 4.79 Å². The van der Waals surface area contributed by atoms with Crippen LogP contribution < -0.4 is 14.8 Å². The summed E-state index contributed by atoms with van der Waals surface area (Å²) in [5, 5.41) is 6.86. The number of nitrogens with one attached hydrogen (secondary N) is 1. The van der Waals surface area contributed by atoms with Gasteiger partial charge in [0, 0.05) is 12.6 Å². The number of rotatable bonds is 10. The zero-order valence-corrected chi connectivity index (χ0v) is 17.7. The Morgan fingerprint density at radius 1 is 1.17 bits per heavy atom. The Labute approximate surface area is 175 Å². The predicted molar refractivity (Wildman–Crippen MR) is 112 cm³/mol. The molecule has 0 aliphatic carbocycles. The molecule has 0 aliphatic heterocycles. The van der Waals surface area contributed by atoms with E-state index in [1.807, 2.05) is 12.1 Å². The van der Waals surface area contributed by atoms with E-state index in [1.165, 1.54) is 0 Å². The Kier molecular flexibility index (Phi) is 7.13. The molecule has 3 rings (SSSR count). The number of amides is 1. The van der Waals surface area contributed by atoms with E-state index in [0.29, 0.717) is 29.4 Å². The Morgan fingerprint density at radius 3 is 2.60 bits per heavy atom. The molecule has 1 unspecified atom stereocenters. The third-order valence-electron chi connectivity index (χ3n) is 5.00. The van der Waals surface area contributed by atoms with Gasteiger partial charge in [-0.25, -0.2) is 0 Å². The highest BCUT2D eigenvalue weighted by atomic mass is 16.5. The molecule has 1 amide bonds. The highest BCUT2D eigenvalue weighted by Crippen LogP contribution is 2.33. The topological polar surface area (TPSA) is 90.0 Å². The van der Waals surface area contributed by atoms with E-state index in [2.05, 4.69) is 29.2 Å². The van der Waals surface area contributed by atoms with E-state index in [4.69, 9.17) is 18.4 Å². The maximum atomic E-state index is 12.7. The van der Waals surface area contributed by atoms with Crippen molar-refractivity contribution in [1.82, 2.24) is 15.4 Å². The summed E-state index contributed by atoms with van der Waals surface area (Å²) in [5.41, 5.74) is 0.840. The number of aromatic nitrogens is 1. The summed E-state index contributed by atoms with van der Waals surface area (Å²) in [7, 11) is 3.15. The van der Waals surface area contributed by atoms with Gasteiger partial charge in [-0.3, -0.25) is 9.69 Å². The summed E-state index contributed by atoms with van der Waals surface area (Å²) in [5.74, 6) is 2.14. The number of methoxy groups -OCH3 is 2. The van der Waals surface area contributed by atoms with Crippen molar-refractivity contribution in [3.63, 3.8) is 0 Å². The van der Waals surface area contributed by atoms with Crippen molar-refractivity contribution in [1.29, 1.82) is 0 Å². The Morgan fingerprint density at radius 2 is 1.97 bits per heavy atom. The standard InChI is InChI=1S/C22H27N3O5/c1-5-25(6-2)18(20-8-7-11-29-20)14-23-22(26)17-13-21(30-24-17)16-12-15(27-3)9-10-19(16)28-4/h7-13,18H,5-6,14H2,1-4H3,(H,23,26). The molecule has 0 spiro atoms. The number of benzene rings is 1. The fourth-order valence-corrected chi connectivity index (χ4v) is 3.35. The highest BCUT2D eigenvalue weighted by Gasteiger charge is 2.23. The van der Waals surface area contributed by atoms with Crippen LogP contribution in [0.25, 0.3) is 11.3 Å². The third-order valence-corrected chi connectivity index (χ3v) is 5.00. The van der Waals surface area contributed by atoms with Gasteiger partial charge in [-0.05, 0) is 43.4 Å². The molecule has 0 saturated heterocycles. The molecule has 0 saturated carbocycles. The Balaban J connectivity index is 1.75. The number of carbonyl (C=O) groups excluding carboxylic acids is 1. The number of furan rings is 1. The van der Waals surface area contributed by atoms with Gasteiger partial charge in [0.05, 0.1) is 32.1 Å². The van der Waals surface area contributed by atoms with E-state index in [-0.39, 0.29) is 17.6 Å². The third kappa shape index (κ3) is 4.65. The maximum absolute atomic E-state index is 12.7. The molecule has 30 heavy (non-hydrogen) atoms. The Hall–Kier alpha value is -3.26. The molecule has 8 nitrogen and oxygen atoms in total. The van der Waals surface area contributed by atoms with Crippen LogP contribution >= 0.6 is 0 Å². The van der Waals surface area contributed by atoms with Crippen molar-refractivity contribution in [3.8, 4) is 22.8 Å². The lowest BCUT2D eigenvalue weighted by Gasteiger charge is -2.28. The first-order valence-electron chi connectivity index (χ1n) is 9.86. The van der Waals surface area contributed by atoms with E-state index >= 15 is 0 Å². The van der Waals surface area contributed by atoms with Gasteiger partial charge in [0.25, 0.3) is 5.91 Å². The first-order chi connectivity index (χ1) is 14.6. The second-order valence-corrected chi connectivity index (χ2v) is 6.61. The van der Waals surface area contributed by atoms with Gasteiger partial charge >= 0.3 is 0 Å². The molecule has 2 heterocycles. The monoisotopic (exact) mass is 413 g/mol. The van der Waals surface area contributed by atoms with Crippen LogP contribution in [0.15, 0.2) is 51.6 Å². The molecule has 0 fully saturated rings. The molecule has 1 aromatic carbocycles. The lowest BCUT2D eigenvalue weighted by atomic mass is 10.1. The number of hydrogen-bond acceptors (Lipinski definition) is 7. The first kappa shape index (κ1) is 21.4. The number of likely N-dealkylation sites (N-methyl/N-ethyl adjacent to an activating group) is 1. The van der Waals surface area contributed by atoms with Crippen LogP contribution in [-0.4, -0.2) is 49.8 Å². The minimum absolute atomic E-state index is 0.0659. The van der Waals surface area contributed by atoms with E-state index in [1.54, 1.807) is 44.7 Å². The molecule has 1 N–H and O–H groups in total. The molecule has 8 heteroatoms. The molecule has 2 aromatic heterocycles. The van der Waals surface area contributed by atoms with Crippen LogP contribution in [0.1, 0.15) is 36.1 Å². The van der Waals surface area contributed by atoms with Gasteiger partial charge in [0.2, 0.25) is 0 Å². The number of carbonyl (C=O) groups is 1. The van der Waals surface area contributed by atoms with Crippen LogP contribution in [-0.2, 0) is 0 Å². The van der Waals surface area contributed by atoms with E-state index < -0.39 is 0 Å². The second kappa shape index (κ2) is 9.98. The summed E-state index contributed by atoms with van der Waals surface area (Å²) < 4.78 is 21.6. The molecule has 0 radical (unpaired) electrons. The zero-order chi connectivity index (χ0) is 21.5. The molecule has 1 atom stereocenters. The average molecular weight is 413 g/mol. The predicted octanol–water partition coefficient (Wildman–Crippen LogP) is 3.76. The maximum Gasteiger partial charge on any atom is 0.273 e. The van der Waals surface area contributed by atoms with Crippen molar-refractivity contribution in [2.75, 3.05) is 33.9 Å². The average Bonchev–Trinajstić information content (AvgIpc) is 3.48. The van der Waals surface area contributed by atoms with Gasteiger partial charge in [-0.1, -0.05) is 19.0 Å². The van der Waals surface area contributed by atoms with Gasteiger partial charge in [0.1, 0.15) is 17.3 Å². The first-order valence-corrected chi connectivity index (χ1v) is 9.86. The van der Waals surface area contributed by atoms with Crippen LogP contribution in [0.4, 0.5) is 0 Å². The van der Waals surface area contributed by atoms with Gasteiger partial charge in [0.15, 0.2) is 11.5 Å². The largest absolute Gasteiger partial charge is 0.497 e. The molecule has 0 bridgehead atoms. The summed E-state index contributed by atoms with van der Waals surface area (Å²) in [6.07, 6.45) is 1.64. The van der Waals surface area contributed by atoms with Crippen molar-refractivity contribution in [2.24, 2.45) is 0 Å². The van der Waals surface area contributed by atoms with Crippen LogP contribution in [0.2, 0.25) is 0 Å². The van der Waals surface area contributed by atoms with Crippen molar-refractivity contribution in [2.45, 2.75) is 19.9 Å². The number of ether oxygens (including phenoxy) is 2. The van der Waals surface area contributed by atoms with Gasteiger partial charge in [-0.15, -0.1) is 0 Å². The summed E-state index contributed by atoms with van der Waals surface area (Å²) in [4.78, 5) is 14.9. The minimum Gasteiger partial charge on any atom is -0.497 e. The quantitative estimate of drug-likeness (QED) is 0.541. The highest BCUT2D eigenvalue weighted by molar-refractivity contribution is 5.93. The lowest BCUT2D eigenvalue weighted by molar-refractivity contribution is 0.0920. The van der Waals surface area contributed by atoms with Crippen LogP contribution in [0.3, 0.4) is 0 Å². The smallest absolute Gasteiger partial charge is 0.273 e. The van der Waals surface area contributed by atoms with Crippen molar-refractivity contribution in [3.05, 3.63) is 54.1 Å². The Bertz CT molecular complexity index is 948. The zero-order valence-electron chi connectivity index (χ0n) is 17.7. The van der Waals surface area contributed by atoms with Gasteiger partial charge < -0.3 is 23.7 Å². The van der Waals surface area contributed by atoms with Gasteiger partial charge in [-0.2, -0.15) is 0 Å². The van der Waals surface area contributed by atoms with Crippen molar-refractivity contribution < 1.29 is 23.2 Å². The second-order valence-electron chi connectivity index (χ2n) is 6.61. The summed E-state index contributed by atoms with van der Waals surface area (Å²) >= 11 is 0. The summed E-state index contributed by atoms with van der Waals surface area (Å²) in [6, 6.07) is 10.6. The number of nitrogens with zero attached hydrogens (tertiary/aromatic N) is 2. The normalized spacial score (nSPS) is 12.0. The number of hydrogen-bond donors (Lipinski definition) is 1. The molecule has 160 valence electrons. The lowest BCUT2D eigenvalue weighted by Crippen LogP contribution is -2.38. The summed E-state index contributed by atoms with van der Waals surface area (Å²) in [6.45, 7) is 6.21. The van der Waals surface area contributed by atoms with Crippen LogP contribution in [0.5, 0.6) is 11.5 Å². The SMILES string of the molecule is CCN(CC)C(CNC(=O)c1cc(-c2cc(OC)ccc2OC)on1)c1ccco1. The molecular formula is C22H27N3O5. The fourth-order valence-electron chi connectivity index (χ4n) is 3.35.